The average molecular weight is 409 g/mol. The van der Waals surface area contributed by atoms with Crippen molar-refractivity contribution < 1.29 is 19.1 Å². The fraction of sp³-hybridized carbons (Fsp3) is 0.571. The lowest BCUT2D eigenvalue weighted by Gasteiger charge is -2.24. The van der Waals surface area contributed by atoms with Crippen LogP contribution in [0.4, 0.5) is 0 Å². The van der Waals surface area contributed by atoms with Gasteiger partial charge in [0.05, 0.1) is 10.8 Å². The molecule has 0 spiro atoms. The fourth-order valence-corrected chi connectivity index (χ4v) is 3.18. The molecule has 2 atom stereocenters. The summed E-state index contributed by atoms with van der Waals surface area (Å²) in [6.45, 7) is 14.6. The van der Waals surface area contributed by atoms with E-state index in [0.29, 0.717) is 10.5 Å². The first kappa shape index (κ1) is 24.0. The maximum Gasteiger partial charge on any atom is 0.340 e. The minimum atomic E-state index is -0.925. The van der Waals surface area contributed by atoms with Gasteiger partial charge in [-0.3, -0.25) is 9.59 Å². The van der Waals surface area contributed by atoms with Gasteiger partial charge in [0.1, 0.15) is 0 Å². The second kappa shape index (κ2) is 9.45. The summed E-state index contributed by atoms with van der Waals surface area (Å²) in [5.41, 5.74) is -0.417. The minimum absolute atomic E-state index is 0.112. The van der Waals surface area contributed by atoms with Crippen molar-refractivity contribution in [1.82, 2.24) is 10.6 Å². The van der Waals surface area contributed by atoms with Crippen molar-refractivity contribution in [2.24, 2.45) is 0 Å². The van der Waals surface area contributed by atoms with Gasteiger partial charge in [-0.15, -0.1) is 11.8 Å². The monoisotopic (exact) mass is 408 g/mol. The first-order valence-electron chi connectivity index (χ1n) is 9.30. The standard InChI is InChI=1S/C21H32N2O4S/c1-13(17(24)22-20(3,4)5)27-19(26)15-11-9-10-12-16(15)28-14(2)18(25)23-21(6,7)8/h9-14H,1-8H3,(H,22,24)(H,23,25)/t13-,14+/m1/s1. The van der Waals surface area contributed by atoms with E-state index in [4.69, 9.17) is 4.74 Å². The van der Waals surface area contributed by atoms with E-state index >= 15 is 0 Å². The molecule has 1 aromatic carbocycles. The summed E-state index contributed by atoms with van der Waals surface area (Å²) in [7, 11) is 0. The Labute approximate surface area is 172 Å². The normalized spacial score (nSPS) is 14.0. The van der Waals surface area contributed by atoms with Gasteiger partial charge in [0.15, 0.2) is 6.10 Å². The van der Waals surface area contributed by atoms with E-state index in [-0.39, 0.29) is 17.4 Å². The van der Waals surface area contributed by atoms with E-state index in [9.17, 15) is 14.4 Å². The van der Waals surface area contributed by atoms with Crippen molar-refractivity contribution in [3.8, 4) is 0 Å². The Balaban J connectivity index is 2.86. The van der Waals surface area contributed by atoms with Gasteiger partial charge in [0, 0.05) is 16.0 Å². The van der Waals surface area contributed by atoms with Crippen LogP contribution in [0.25, 0.3) is 0 Å². The highest BCUT2D eigenvalue weighted by Crippen LogP contribution is 2.28. The van der Waals surface area contributed by atoms with E-state index in [1.54, 1.807) is 31.2 Å². The number of carbonyl (C=O) groups is 3. The van der Waals surface area contributed by atoms with Crippen LogP contribution in [0.1, 0.15) is 65.7 Å². The Morgan fingerprint density at radius 2 is 1.39 bits per heavy atom. The summed E-state index contributed by atoms with van der Waals surface area (Å²) in [5, 5.41) is 5.32. The molecule has 2 N–H and O–H groups in total. The second-order valence-corrected chi connectivity index (χ2v) is 10.2. The van der Waals surface area contributed by atoms with Crippen molar-refractivity contribution in [2.75, 3.05) is 0 Å². The second-order valence-electron chi connectivity index (χ2n) is 8.78. The SMILES string of the molecule is C[C@H](Sc1ccccc1C(=O)O[C@H](C)C(=O)NC(C)(C)C)C(=O)NC(C)(C)C. The Morgan fingerprint density at radius 3 is 1.93 bits per heavy atom. The number of carbonyl (C=O) groups excluding carboxylic acids is 3. The summed E-state index contributed by atoms with van der Waals surface area (Å²) in [6.07, 6.45) is -0.925. The van der Waals surface area contributed by atoms with Crippen molar-refractivity contribution in [3.63, 3.8) is 0 Å². The smallest absolute Gasteiger partial charge is 0.340 e. The first-order chi connectivity index (χ1) is 12.7. The molecule has 0 saturated carbocycles. The lowest BCUT2D eigenvalue weighted by molar-refractivity contribution is -0.130. The van der Waals surface area contributed by atoms with Crippen LogP contribution in [0.2, 0.25) is 0 Å². The third-order valence-corrected chi connectivity index (χ3v) is 4.61. The molecule has 0 aliphatic carbocycles. The maximum absolute atomic E-state index is 12.6. The zero-order chi connectivity index (χ0) is 21.7. The molecule has 1 aromatic rings. The number of hydrogen-bond donors (Lipinski definition) is 2. The number of benzene rings is 1. The third kappa shape index (κ3) is 8.33. The first-order valence-corrected chi connectivity index (χ1v) is 10.2. The molecule has 28 heavy (non-hydrogen) atoms. The third-order valence-electron chi connectivity index (χ3n) is 3.43. The van der Waals surface area contributed by atoms with Crippen molar-refractivity contribution >= 4 is 29.5 Å². The predicted molar refractivity (Wildman–Crippen MR) is 112 cm³/mol. The zero-order valence-corrected chi connectivity index (χ0v) is 18.8. The topological polar surface area (TPSA) is 84.5 Å². The van der Waals surface area contributed by atoms with Gasteiger partial charge in [0.2, 0.25) is 5.91 Å². The molecule has 2 amide bonds. The van der Waals surface area contributed by atoms with Crippen LogP contribution in [0.3, 0.4) is 0 Å². The molecule has 0 aliphatic heterocycles. The molecule has 0 fully saturated rings. The quantitative estimate of drug-likeness (QED) is 0.555. The van der Waals surface area contributed by atoms with Crippen LogP contribution in [-0.4, -0.2) is 40.2 Å². The van der Waals surface area contributed by atoms with E-state index in [2.05, 4.69) is 10.6 Å². The summed E-state index contributed by atoms with van der Waals surface area (Å²) in [6, 6.07) is 6.92. The molecule has 0 unspecified atom stereocenters. The minimum Gasteiger partial charge on any atom is -0.449 e. The number of rotatable bonds is 6. The highest BCUT2D eigenvalue weighted by atomic mass is 32.2. The Hall–Kier alpha value is -2.02. The molecule has 0 aromatic heterocycles. The van der Waals surface area contributed by atoms with Crippen LogP contribution >= 0.6 is 11.8 Å². The number of hydrogen-bond acceptors (Lipinski definition) is 5. The largest absolute Gasteiger partial charge is 0.449 e. The van der Waals surface area contributed by atoms with Crippen LogP contribution in [-0.2, 0) is 14.3 Å². The summed E-state index contributed by atoms with van der Waals surface area (Å²) >= 11 is 1.28. The van der Waals surface area contributed by atoms with Crippen LogP contribution in [0, 0.1) is 0 Å². The molecular weight excluding hydrogens is 376 g/mol. The molecule has 0 aliphatic rings. The fourth-order valence-electron chi connectivity index (χ4n) is 2.20. The van der Waals surface area contributed by atoms with E-state index in [1.165, 1.54) is 18.7 Å². The molecule has 0 bridgehead atoms. The zero-order valence-electron chi connectivity index (χ0n) is 18.0. The number of thioether (sulfide) groups is 1. The van der Waals surface area contributed by atoms with Crippen LogP contribution in [0.15, 0.2) is 29.2 Å². The lowest BCUT2D eigenvalue weighted by atomic mass is 10.1. The van der Waals surface area contributed by atoms with Crippen LogP contribution < -0.4 is 10.6 Å². The Bertz CT molecular complexity index is 720. The molecule has 6 nitrogen and oxygen atoms in total. The molecule has 0 saturated heterocycles. The maximum atomic E-state index is 12.6. The van der Waals surface area contributed by atoms with Gasteiger partial charge in [0.25, 0.3) is 5.91 Å². The Morgan fingerprint density at radius 1 is 0.893 bits per heavy atom. The number of esters is 1. The highest BCUT2D eigenvalue weighted by molar-refractivity contribution is 8.00. The Kier molecular flexibility index (Phi) is 8.11. The van der Waals surface area contributed by atoms with Gasteiger partial charge >= 0.3 is 5.97 Å². The van der Waals surface area contributed by atoms with E-state index < -0.39 is 22.9 Å². The van der Waals surface area contributed by atoms with Gasteiger partial charge in [-0.1, -0.05) is 12.1 Å². The van der Waals surface area contributed by atoms with Crippen LogP contribution in [0.5, 0.6) is 0 Å². The molecule has 0 heterocycles. The van der Waals surface area contributed by atoms with E-state index in [1.807, 2.05) is 41.5 Å². The molecule has 156 valence electrons. The molecule has 1 rings (SSSR count). The summed E-state index contributed by atoms with van der Waals surface area (Å²) < 4.78 is 5.34. The molecule has 0 radical (unpaired) electrons. The molecule has 7 heteroatoms. The number of amides is 2. The average Bonchev–Trinajstić information content (AvgIpc) is 2.51. The van der Waals surface area contributed by atoms with Crippen molar-refractivity contribution in [1.29, 1.82) is 0 Å². The predicted octanol–water partition coefficient (Wildman–Crippen LogP) is 3.54. The van der Waals surface area contributed by atoms with Gasteiger partial charge in [-0.2, -0.15) is 0 Å². The van der Waals surface area contributed by atoms with Crippen molar-refractivity contribution in [2.45, 2.75) is 82.7 Å². The summed E-state index contributed by atoms with van der Waals surface area (Å²) in [4.78, 5) is 37.7. The molecular formula is C21H32N2O4S. The number of nitrogens with one attached hydrogen (secondary N) is 2. The highest BCUT2D eigenvalue weighted by Gasteiger charge is 2.26. The van der Waals surface area contributed by atoms with Crippen molar-refractivity contribution in [3.05, 3.63) is 29.8 Å². The lowest BCUT2D eigenvalue weighted by Crippen LogP contribution is -2.46. The van der Waals surface area contributed by atoms with Gasteiger partial charge in [-0.05, 0) is 67.5 Å². The summed E-state index contributed by atoms with van der Waals surface area (Å²) in [5.74, 6) is -1.06. The van der Waals surface area contributed by atoms with E-state index in [0.717, 1.165) is 0 Å². The number of ether oxygens (including phenoxy) is 1. The van der Waals surface area contributed by atoms with Gasteiger partial charge in [-0.25, -0.2) is 4.79 Å². The van der Waals surface area contributed by atoms with Gasteiger partial charge < -0.3 is 15.4 Å².